The quantitative estimate of drug-likeness (QED) is 0.571. The molecule has 0 aliphatic heterocycles. The van der Waals surface area contributed by atoms with Gasteiger partial charge in [-0.15, -0.1) is 0 Å². The Balaban J connectivity index is 4.14. The van der Waals surface area contributed by atoms with Gasteiger partial charge in [-0.1, -0.05) is 0 Å². The number of hydrogen-bond acceptors (Lipinski definition) is 4. The molecule has 0 radical (unpaired) electrons. The number of carbonyl (C=O) groups is 2. The van der Waals surface area contributed by atoms with Crippen molar-refractivity contribution < 1.29 is 24.5 Å². The monoisotopic (exact) mass is 176 g/mol. The van der Waals surface area contributed by atoms with Crippen LogP contribution in [0.4, 0.5) is 0 Å². The van der Waals surface area contributed by atoms with Gasteiger partial charge >= 0.3 is 11.9 Å². The van der Waals surface area contributed by atoms with Gasteiger partial charge in [0.1, 0.15) is 0 Å². The van der Waals surface area contributed by atoms with E-state index in [0.29, 0.717) is 0 Å². The number of aliphatic hydroxyl groups is 1. The van der Waals surface area contributed by atoms with Crippen LogP contribution < -0.4 is 0 Å². The van der Waals surface area contributed by atoms with Gasteiger partial charge in [0.2, 0.25) is 0 Å². The zero-order chi connectivity index (χ0) is 9.72. The number of carbonyl (C=O) groups excluding carboxylic acids is 1. The first-order valence-electron chi connectivity index (χ1n) is 3.46. The predicted octanol–water partition coefficient (Wildman–Crippen LogP) is -0.369. The first-order valence-corrected chi connectivity index (χ1v) is 3.46. The predicted molar refractivity (Wildman–Crippen MR) is 39.4 cm³/mol. The molecule has 0 fully saturated rings. The van der Waals surface area contributed by atoms with E-state index in [4.69, 9.17) is 10.2 Å². The van der Waals surface area contributed by atoms with E-state index in [-0.39, 0.29) is 6.42 Å². The molecule has 12 heavy (non-hydrogen) atoms. The fraction of sp³-hybridized carbons (Fsp3) is 0.714. The van der Waals surface area contributed by atoms with Gasteiger partial charge in [-0.2, -0.15) is 0 Å². The molecule has 0 saturated heterocycles. The topological polar surface area (TPSA) is 83.8 Å². The van der Waals surface area contributed by atoms with E-state index in [1.165, 1.54) is 14.0 Å². The van der Waals surface area contributed by atoms with Crippen LogP contribution in [-0.2, 0) is 14.3 Å². The molecule has 0 aromatic carbocycles. The van der Waals surface area contributed by atoms with Crippen LogP contribution in [0.15, 0.2) is 0 Å². The number of carboxylic acids is 1. The second kappa shape index (κ2) is 4.71. The highest BCUT2D eigenvalue weighted by Crippen LogP contribution is 2.09. The summed E-state index contributed by atoms with van der Waals surface area (Å²) < 4.78 is 4.27. The summed E-state index contributed by atoms with van der Waals surface area (Å²) >= 11 is 0. The Labute approximate surface area is 70.0 Å². The van der Waals surface area contributed by atoms with Gasteiger partial charge in [-0.25, -0.2) is 0 Å². The van der Waals surface area contributed by atoms with Crippen molar-refractivity contribution in [2.75, 3.05) is 7.11 Å². The summed E-state index contributed by atoms with van der Waals surface area (Å²) in [5.74, 6) is -2.92. The van der Waals surface area contributed by atoms with E-state index < -0.39 is 24.0 Å². The summed E-state index contributed by atoms with van der Waals surface area (Å²) in [6, 6.07) is 0. The Hall–Kier alpha value is -1.10. The van der Waals surface area contributed by atoms with Gasteiger partial charge in [-0.3, -0.25) is 9.59 Å². The standard InChI is InChI=1S/C7H12O5/c1-4(8)5(7(10)11)3-6(9)12-2/h4-5,8H,3H2,1-2H3,(H,10,11)/t4-,5-/m0/s1. The van der Waals surface area contributed by atoms with Crippen molar-refractivity contribution in [3.05, 3.63) is 0 Å². The van der Waals surface area contributed by atoms with Crippen LogP contribution in [0.5, 0.6) is 0 Å². The lowest BCUT2D eigenvalue weighted by atomic mass is 10.0. The second-order valence-electron chi connectivity index (χ2n) is 2.47. The Kier molecular flexibility index (Phi) is 4.28. The van der Waals surface area contributed by atoms with Crippen molar-refractivity contribution in [1.29, 1.82) is 0 Å². The summed E-state index contributed by atoms with van der Waals surface area (Å²) in [5, 5.41) is 17.5. The van der Waals surface area contributed by atoms with Gasteiger partial charge in [0.15, 0.2) is 0 Å². The molecule has 0 saturated carbocycles. The highest BCUT2D eigenvalue weighted by atomic mass is 16.5. The van der Waals surface area contributed by atoms with Crippen molar-refractivity contribution >= 4 is 11.9 Å². The minimum atomic E-state index is -1.20. The average Bonchev–Trinajstić information content (AvgIpc) is 1.98. The van der Waals surface area contributed by atoms with Crippen molar-refractivity contribution in [3.8, 4) is 0 Å². The largest absolute Gasteiger partial charge is 0.481 e. The molecule has 0 unspecified atom stereocenters. The van der Waals surface area contributed by atoms with Crippen LogP contribution >= 0.6 is 0 Å². The molecule has 0 heterocycles. The molecule has 0 aliphatic rings. The number of ether oxygens (including phenoxy) is 1. The number of aliphatic carboxylic acids is 1. The van der Waals surface area contributed by atoms with E-state index in [1.54, 1.807) is 0 Å². The molecule has 0 aromatic rings. The summed E-state index contributed by atoms with van der Waals surface area (Å²) in [6.45, 7) is 1.32. The molecule has 0 aromatic heterocycles. The third kappa shape index (κ3) is 3.34. The van der Waals surface area contributed by atoms with Gasteiger partial charge in [0.05, 0.1) is 25.6 Å². The van der Waals surface area contributed by atoms with E-state index in [0.717, 1.165) is 0 Å². The van der Waals surface area contributed by atoms with Crippen LogP contribution in [0.1, 0.15) is 13.3 Å². The molecule has 2 atom stereocenters. The summed E-state index contributed by atoms with van der Waals surface area (Å²) in [6.07, 6.45) is -1.36. The Morgan fingerprint density at radius 3 is 2.25 bits per heavy atom. The second-order valence-corrected chi connectivity index (χ2v) is 2.47. The maximum absolute atomic E-state index is 10.6. The lowest BCUT2D eigenvalue weighted by Crippen LogP contribution is -2.28. The molecular weight excluding hydrogens is 164 g/mol. The number of aliphatic hydroxyl groups excluding tert-OH is 1. The number of hydrogen-bond donors (Lipinski definition) is 2. The molecule has 0 amide bonds. The highest BCUT2D eigenvalue weighted by Gasteiger charge is 2.26. The maximum Gasteiger partial charge on any atom is 0.309 e. The Morgan fingerprint density at radius 2 is 2.00 bits per heavy atom. The molecule has 2 N–H and O–H groups in total. The number of esters is 1. The van der Waals surface area contributed by atoms with Crippen LogP contribution in [-0.4, -0.2) is 35.4 Å². The van der Waals surface area contributed by atoms with Crippen LogP contribution in [0.3, 0.4) is 0 Å². The normalized spacial score (nSPS) is 14.9. The minimum absolute atomic E-state index is 0.302. The van der Waals surface area contributed by atoms with Crippen LogP contribution in [0.25, 0.3) is 0 Å². The fourth-order valence-corrected chi connectivity index (χ4v) is 0.727. The molecule has 70 valence electrons. The summed E-state index contributed by atoms with van der Waals surface area (Å²) in [7, 11) is 1.17. The van der Waals surface area contributed by atoms with Crippen molar-refractivity contribution in [2.24, 2.45) is 5.92 Å². The number of rotatable bonds is 4. The zero-order valence-electron chi connectivity index (χ0n) is 6.98. The third-order valence-electron chi connectivity index (χ3n) is 1.51. The molecular formula is C7H12O5. The first-order chi connectivity index (χ1) is 5.49. The molecule has 0 aliphatic carbocycles. The number of methoxy groups -OCH3 is 1. The SMILES string of the molecule is COC(=O)C[C@H](C(=O)O)[C@H](C)O. The van der Waals surface area contributed by atoms with E-state index in [9.17, 15) is 9.59 Å². The smallest absolute Gasteiger partial charge is 0.309 e. The first kappa shape index (κ1) is 10.9. The third-order valence-corrected chi connectivity index (χ3v) is 1.51. The summed E-state index contributed by atoms with van der Waals surface area (Å²) in [4.78, 5) is 21.1. The van der Waals surface area contributed by atoms with Crippen LogP contribution in [0.2, 0.25) is 0 Å². The molecule has 5 nitrogen and oxygen atoms in total. The maximum atomic E-state index is 10.6. The van der Waals surface area contributed by atoms with E-state index >= 15 is 0 Å². The van der Waals surface area contributed by atoms with Crippen molar-refractivity contribution in [3.63, 3.8) is 0 Å². The van der Waals surface area contributed by atoms with Gasteiger partial charge in [0, 0.05) is 0 Å². The Bertz CT molecular complexity index is 175. The molecule has 0 spiro atoms. The van der Waals surface area contributed by atoms with Crippen molar-refractivity contribution in [1.82, 2.24) is 0 Å². The fourth-order valence-electron chi connectivity index (χ4n) is 0.727. The summed E-state index contributed by atoms with van der Waals surface area (Å²) in [5.41, 5.74) is 0. The molecule has 0 rings (SSSR count). The van der Waals surface area contributed by atoms with Gasteiger partial charge in [-0.05, 0) is 6.92 Å². The number of carboxylic acid groups (broad SMARTS) is 1. The van der Waals surface area contributed by atoms with E-state index in [1.807, 2.05) is 0 Å². The van der Waals surface area contributed by atoms with Gasteiger partial charge in [0.25, 0.3) is 0 Å². The van der Waals surface area contributed by atoms with Gasteiger partial charge < -0.3 is 14.9 Å². The van der Waals surface area contributed by atoms with E-state index in [2.05, 4.69) is 4.74 Å². The highest BCUT2D eigenvalue weighted by molar-refractivity contribution is 5.79. The molecule has 0 bridgehead atoms. The zero-order valence-corrected chi connectivity index (χ0v) is 6.98. The van der Waals surface area contributed by atoms with Crippen molar-refractivity contribution in [2.45, 2.75) is 19.4 Å². The lowest BCUT2D eigenvalue weighted by molar-refractivity contribution is -0.153. The average molecular weight is 176 g/mol. The molecule has 5 heteroatoms. The van der Waals surface area contributed by atoms with Crippen LogP contribution in [0, 0.1) is 5.92 Å². The lowest BCUT2D eigenvalue weighted by Gasteiger charge is -2.12. The minimum Gasteiger partial charge on any atom is -0.481 e. The Morgan fingerprint density at radius 1 is 1.50 bits per heavy atom.